The van der Waals surface area contributed by atoms with E-state index in [1.54, 1.807) is 6.20 Å². The van der Waals surface area contributed by atoms with Gasteiger partial charge in [-0.2, -0.15) is 0 Å². The maximum absolute atomic E-state index is 10.4. The third kappa shape index (κ3) is 3.67. The molecule has 0 saturated carbocycles. The van der Waals surface area contributed by atoms with Gasteiger partial charge in [-0.15, -0.1) is 0 Å². The Kier molecular flexibility index (Phi) is 4.77. The lowest BCUT2D eigenvalue weighted by Crippen LogP contribution is -2.09. The number of aliphatic hydroxyl groups excluding tert-OH is 1. The van der Waals surface area contributed by atoms with Crippen molar-refractivity contribution < 1.29 is 5.11 Å². The molecule has 4 heteroatoms. The molecule has 102 valence electrons. The van der Waals surface area contributed by atoms with Crippen LogP contribution in [0, 0.1) is 6.92 Å². The van der Waals surface area contributed by atoms with E-state index < -0.39 is 6.10 Å². The highest BCUT2D eigenvalue weighted by Crippen LogP contribution is 2.23. The van der Waals surface area contributed by atoms with E-state index in [4.69, 9.17) is 0 Å². The number of nitrogens with zero attached hydrogens (tertiary/aromatic N) is 2. The smallest absolute Gasteiger partial charge is 0.111 e. The van der Waals surface area contributed by atoms with Crippen molar-refractivity contribution in [1.82, 2.24) is 9.55 Å². The Labute approximate surface area is 122 Å². The SMILES string of the molecule is CCCn1ccnc1CC(O)c1cc(C)cc(Br)c1. The van der Waals surface area contributed by atoms with Gasteiger partial charge >= 0.3 is 0 Å². The monoisotopic (exact) mass is 322 g/mol. The summed E-state index contributed by atoms with van der Waals surface area (Å²) in [4.78, 5) is 4.34. The summed E-state index contributed by atoms with van der Waals surface area (Å²) in [5.74, 6) is 0.937. The van der Waals surface area contributed by atoms with Gasteiger partial charge in [-0.25, -0.2) is 4.98 Å². The summed E-state index contributed by atoms with van der Waals surface area (Å²) in [5.41, 5.74) is 2.07. The van der Waals surface area contributed by atoms with Crippen LogP contribution in [0.25, 0.3) is 0 Å². The molecule has 1 unspecified atom stereocenters. The van der Waals surface area contributed by atoms with Crippen LogP contribution >= 0.6 is 15.9 Å². The summed E-state index contributed by atoms with van der Waals surface area (Å²) >= 11 is 3.47. The first-order chi connectivity index (χ1) is 9.10. The maximum Gasteiger partial charge on any atom is 0.111 e. The van der Waals surface area contributed by atoms with E-state index in [-0.39, 0.29) is 0 Å². The van der Waals surface area contributed by atoms with Gasteiger partial charge in [-0.3, -0.25) is 0 Å². The van der Waals surface area contributed by atoms with Gasteiger partial charge in [-0.1, -0.05) is 28.9 Å². The number of benzene rings is 1. The summed E-state index contributed by atoms with van der Waals surface area (Å²) in [6.07, 6.45) is 4.86. The molecule has 1 N–H and O–H groups in total. The standard InChI is InChI=1S/C15H19BrN2O/c1-3-5-18-6-4-17-15(18)10-14(19)12-7-11(2)8-13(16)9-12/h4,6-9,14,19H,3,5,10H2,1-2H3. The van der Waals surface area contributed by atoms with Gasteiger partial charge in [0, 0.05) is 29.8 Å². The molecule has 0 bridgehead atoms. The normalized spacial score (nSPS) is 12.6. The Morgan fingerprint density at radius 2 is 2.16 bits per heavy atom. The first-order valence-electron chi connectivity index (χ1n) is 6.55. The summed E-state index contributed by atoms with van der Waals surface area (Å²) in [6.45, 7) is 5.11. The topological polar surface area (TPSA) is 38.0 Å². The lowest BCUT2D eigenvalue weighted by molar-refractivity contribution is 0.174. The second kappa shape index (κ2) is 6.35. The van der Waals surface area contributed by atoms with Crippen molar-refractivity contribution in [2.24, 2.45) is 0 Å². The lowest BCUT2D eigenvalue weighted by Gasteiger charge is -2.13. The highest BCUT2D eigenvalue weighted by Gasteiger charge is 2.13. The molecule has 1 heterocycles. The Balaban J connectivity index is 2.15. The zero-order valence-electron chi connectivity index (χ0n) is 11.3. The molecule has 0 saturated heterocycles. The third-order valence-electron chi connectivity index (χ3n) is 3.09. The molecule has 0 spiro atoms. The Bertz CT molecular complexity index is 531. The Hall–Kier alpha value is -1.13. The fourth-order valence-electron chi connectivity index (χ4n) is 2.22. The predicted octanol–water partition coefficient (Wildman–Crippen LogP) is 3.64. The number of aromatic nitrogens is 2. The zero-order chi connectivity index (χ0) is 13.8. The molecule has 19 heavy (non-hydrogen) atoms. The van der Waals surface area contributed by atoms with E-state index in [2.05, 4.69) is 32.4 Å². The molecule has 1 aromatic carbocycles. The van der Waals surface area contributed by atoms with Crippen LogP contribution in [0.5, 0.6) is 0 Å². The molecule has 0 radical (unpaired) electrons. The first-order valence-corrected chi connectivity index (χ1v) is 7.34. The van der Waals surface area contributed by atoms with Crippen LogP contribution in [0.2, 0.25) is 0 Å². The number of halogens is 1. The fraction of sp³-hybridized carbons (Fsp3) is 0.400. The van der Waals surface area contributed by atoms with Crippen molar-refractivity contribution in [3.8, 4) is 0 Å². The van der Waals surface area contributed by atoms with Crippen LogP contribution in [0.1, 0.15) is 36.4 Å². The average Bonchev–Trinajstić information content (AvgIpc) is 2.76. The van der Waals surface area contributed by atoms with E-state index in [9.17, 15) is 5.11 Å². The third-order valence-corrected chi connectivity index (χ3v) is 3.55. The van der Waals surface area contributed by atoms with E-state index in [1.807, 2.05) is 31.3 Å². The van der Waals surface area contributed by atoms with Gasteiger partial charge in [-0.05, 0) is 36.6 Å². The van der Waals surface area contributed by atoms with Crippen LogP contribution < -0.4 is 0 Å². The molecule has 0 amide bonds. The number of rotatable bonds is 5. The minimum Gasteiger partial charge on any atom is -0.388 e. The fourth-order valence-corrected chi connectivity index (χ4v) is 2.85. The molecule has 2 rings (SSSR count). The molecular weight excluding hydrogens is 304 g/mol. The van der Waals surface area contributed by atoms with Gasteiger partial charge in [0.05, 0.1) is 6.10 Å². The van der Waals surface area contributed by atoms with Crippen molar-refractivity contribution >= 4 is 15.9 Å². The molecule has 1 atom stereocenters. The van der Waals surface area contributed by atoms with Crippen molar-refractivity contribution in [2.75, 3.05) is 0 Å². The molecule has 3 nitrogen and oxygen atoms in total. The molecular formula is C15H19BrN2O. The average molecular weight is 323 g/mol. The van der Waals surface area contributed by atoms with Crippen LogP contribution in [0.15, 0.2) is 35.1 Å². The number of imidazole rings is 1. The number of aryl methyl sites for hydroxylation is 2. The first kappa shape index (κ1) is 14.3. The van der Waals surface area contributed by atoms with E-state index in [1.165, 1.54) is 0 Å². The van der Waals surface area contributed by atoms with Gasteiger partial charge in [0.2, 0.25) is 0 Å². The molecule has 0 aliphatic carbocycles. The van der Waals surface area contributed by atoms with Crippen molar-refractivity contribution in [2.45, 2.75) is 39.3 Å². The van der Waals surface area contributed by atoms with E-state index in [0.29, 0.717) is 6.42 Å². The summed E-state index contributed by atoms with van der Waals surface area (Å²) < 4.78 is 3.10. The van der Waals surface area contributed by atoms with E-state index in [0.717, 1.165) is 34.4 Å². The maximum atomic E-state index is 10.4. The molecule has 0 aliphatic rings. The quantitative estimate of drug-likeness (QED) is 0.912. The molecule has 0 fully saturated rings. The highest BCUT2D eigenvalue weighted by atomic mass is 79.9. The van der Waals surface area contributed by atoms with Gasteiger partial charge in [0.25, 0.3) is 0 Å². The van der Waals surface area contributed by atoms with Crippen LogP contribution in [0.4, 0.5) is 0 Å². The summed E-state index contributed by atoms with van der Waals surface area (Å²) in [6, 6.07) is 6.02. The van der Waals surface area contributed by atoms with Crippen LogP contribution in [0.3, 0.4) is 0 Å². The minimum atomic E-state index is -0.519. The second-order valence-corrected chi connectivity index (χ2v) is 5.73. The van der Waals surface area contributed by atoms with E-state index >= 15 is 0 Å². The zero-order valence-corrected chi connectivity index (χ0v) is 12.9. The van der Waals surface area contributed by atoms with Crippen LogP contribution in [-0.4, -0.2) is 14.7 Å². The second-order valence-electron chi connectivity index (χ2n) is 4.82. The minimum absolute atomic E-state index is 0.519. The number of hydrogen-bond acceptors (Lipinski definition) is 2. The van der Waals surface area contributed by atoms with Crippen LogP contribution in [-0.2, 0) is 13.0 Å². The summed E-state index contributed by atoms with van der Waals surface area (Å²) in [7, 11) is 0. The van der Waals surface area contributed by atoms with Gasteiger partial charge < -0.3 is 9.67 Å². The summed E-state index contributed by atoms with van der Waals surface area (Å²) in [5, 5.41) is 10.4. The molecule has 2 aromatic rings. The molecule has 1 aromatic heterocycles. The van der Waals surface area contributed by atoms with Gasteiger partial charge in [0.15, 0.2) is 0 Å². The van der Waals surface area contributed by atoms with Crippen molar-refractivity contribution in [3.63, 3.8) is 0 Å². The van der Waals surface area contributed by atoms with Crippen molar-refractivity contribution in [3.05, 3.63) is 52.0 Å². The van der Waals surface area contributed by atoms with Gasteiger partial charge in [0.1, 0.15) is 5.82 Å². The largest absolute Gasteiger partial charge is 0.388 e. The number of hydrogen-bond donors (Lipinski definition) is 1. The lowest BCUT2D eigenvalue weighted by atomic mass is 10.0. The van der Waals surface area contributed by atoms with Crippen molar-refractivity contribution in [1.29, 1.82) is 0 Å². The predicted molar refractivity (Wildman–Crippen MR) is 80.1 cm³/mol. The Morgan fingerprint density at radius 1 is 1.37 bits per heavy atom. The Morgan fingerprint density at radius 3 is 2.84 bits per heavy atom. The molecule has 0 aliphatic heterocycles. The number of aliphatic hydroxyl groups is 1. The highest BCUT2D eigenvalue weighted by molar-refractivity contribution is 9.10.